The quantitative estimate of drug-likeness (QED) is 0.654. The van der Waals surface area contributed by atoms with Gasteiger partial charge in [-0.2, -0.15) is 0 Å². The van der Waals surface area contributed by atoms with Crippen molar-refractivity contribution >= 4 is 23.9 Å². The summed E-state index contributed by atoms with van der Waals surface area (Å²) >= 11 is 0. The second kappa shape index (κ2) is 7.97. The number of hydrogen-bond donors (Lipinski definition) is 1. The van der Waals surface area contributed by atoms with Gasteiger partial charge in [-0.15, -0.1) is 0 Å². The van der Waals surface area contributed by atoms with Crippen LogP contribution in [0.5, 0.6) is 0 Å². The summed E-state index contributed by atoms with van der Waals surface area (Å²) in [4.78, 5) is 39.4. The number of morpholine rings is 1. The molecule has 0 spiro atoms. The first-order valence-electron chi connectivity index (χ1n) is 8.48. The van der Waals surface area contributed by atoms with E-state index in [1.165, 1.54) is 0 Å². The van der Waals surface area contributed by atoms with Gasteiger partial charge in [0.05, 0.1) is 13.2 Å². The van der Waals surface area contributed by atoms with Crippen LogP contribution in [0.3, 0.4) is 0 Å². The number of benzene rings is 1. The van der Waals surface area contributed by atoms with Crippen LogP contribution in [0, 0.1) is 0 Å². The molecular formula is C19H21N3O4. The van der Waals surface area contributed by atoms with E-state index < -0.39 is 11.9 Å². The van der Waals surface area contributed by atoms with Crippen molar-refractivity contribution in [1.82, 2.24) is 15.1 Å². The molecule has 2 heterocycles. The first-order valence-corrected chi connectivity index (χ1v) is 8.48. The Kier molecular flexibility index (Phi) is 5.48. The number of nitrogens with one attached hydrogen (secondary N) is 1. The molecule has 0 atom stereocenters. The summed E-state index contributed by atoms with van der Waals surface area (Å²) in [6.45, 7) is 3.49. The van der Waals surface area contributed by atoms with E-state index in [0.29, 0.717) is 26.3 Å². The summed E-state index contributed by atoms with van der Waals surface area (Å²) in [6, 6.07) is 9.10. The summed E-state index contributed by atoms with van der Waals surface area (Å²) in [6.07, 6.45) is 3.53. The number of urea groups is 1. The van der Waals surface area contributed by atoms with Crippen molar-refractivity contribution in [3.8, 4) is 0 Å². The first-order chi connectivity index (χ1) is 12.5. The molecule has 2 aliphatic heterocycles. The number of rotatable bonds is 4. The highest BCUT2D eigenvalue weighted by Crippen LogP contribution is 2.15. The minimum Gasteiger partial charge on any atom is -0.378 e. The van der Waals surface area contributed by atoms with Crippen molar-refractivity contribution in [2.45, 2.75) is 6.92 Å². The fraction of sp³-hybridized carbons (Fsp3) is 0.316. The van der Waals surface area contributed by atoms with Crippen molar-refractivity contribution < 1.29 is 19.1 Å². The Hall–Kier alpha value is -2.93. The third-order valence-corrected chi connectivity index (χ3v) is 4.19. The van der Waals surface area contributed by atoms with E-state index in [1.807, 2.05) is 43.3 Å². The maximum atomic E-state index is 12.5. The molecule has 0 radical (unpaired) electrons. The van der Waals surface area contributed by atoms with E-state index in [4.69, 9.17) is 4.74 Å². The predicted molar refractivity (Wildman–Crippen MR) is 95.8 cm³/mol. The summed E-state index contributed by atoms with van der Waals surface area (Å²) in [5.41, 5.74) is 1.99. The zero-order valence-electron chi connectivity index (χ0n) is 14.6. The lowest BCUT2D eigenvalue weighted by atomic mass is 10.1. The average Bonchev–Trinajstić information content (AvgIpc) is 2.90. The Morgan fingerprint density at radius 1 is 1.19 bits per heavy atom. The van der Waals surface area contributed by atoms with Crippen LogP contribution in [-0.2, 0) is 14.3 Å². The molecule has 7 heteroatoms. The van der Waals surface area contributed by atoms with Crippen LogP contribution in [-0.4, -0.2) is 60.5 Å². The molecule has 0 aliphatic carbocycles. The average molecular weight is 355 g/mol. The molecule has 2 saturated heterocycles. The number of imide groups is 1. The van der Waals surface area contributed by atoms with Crippen LogP contribution < -0.4 is 5.32 Å². The van der Waals surface area contributed by atoms with Crippen LogP contribution >= 0.6 is 0 Å². The molecule has 0 unspecified atom stereocenters. The van der Waals surface area contributed by atoms with Crippen LogP contribution in [0.4, 0.5) is 4.79 Å². The molecule has 0 aromatic heterocycles. The molecule has 1 aromatic rings. The van der Waals surface area contributed by atoms with Gasteiger partial charge < -0.3 is 15.0 Å². The van der Waals surface area contributed by atoms with Crippen molar-refractivity contribution in [2.75, 3.05) is 32.8 Å². The maximum absolute atomic E-state index is 12.5. The van der Waals surface area contributed by atoms with E-state index in [9.17, 15) is 14.4 Å². The SMILES string of the molecule is CC(/C=C1\NC(=O)N(CC(=O)N2CCOCC2)C1=O)=C\c1ccccc1. The van der Waals surface area contributed by atoms with Crippen molar-refractivity contribution in [2.24, 2.45) is 0 Å². The molecule has 0 bridgehead atoms. The molecule has 136 valence electrons. The van der Waals surface area contributed by atoms with Gasteiger partial charge in [0, 0.05) is 13.1 Å². The maximum Gasteiger partial charge on any atom is 0.329 e. The van der Waals surface area contributed by atoms with Crippen molar-refractivity contribution in [3.05, 3.63) is 53.2 Å². The Labute approximate surface area is 151 Å². The van der Waals surface area contributed by atoms with Gasteiger partial charge in [-0.3, -0.25) is 9.59 Å². The summed E-state index contributed by atoms with van der Waals surface area (Å²) < 4.78 is 5.20. The highest BCUT2D eigenvalue weighted by Gasteiger charge is 2.36. The predicted octanol–water partition coefficient (Wildman–Crippen LogP) is 1.38. The van der Waals surface area contributed by atoms with Gasteiger partial charge in [0.1, 0.15) is 12.2 Å². The Morgan fingerprint density at radius 3 is 2.58 bits per heavy atom. The molecule has 7 nitrogen and oxygen atoms in total. The standard InChI is InChI=1S/C19H21N3O4/c1-14(11-15-5-3-2-4-6-15)12-16-18(24)22(19(25)20-16)13-17(23)21-7-9-26-10-8-21/h2-6,11-12H,7-10,13H2,1H3,(H,20,25)/b14-11+,16-12-. The molecule has 2 fully saturated rings. The number of nitrogens with zero attached hydrogens (tertiary/aromatic N) is 2. The second-order valence-electron chi connectivity index (χ2n) is 6.17. The molecule has 4 amide bonds. The Bertz CT molecular complexity index is 764. The highest BCUT2D eigenvalue weighted by molar-refractivity contribution is 6.13. The van der Waals surface area contributed by atoms with Gasteiger partial charge in [-0.25, -0.2) is 9.69 Å². The van der Waals surface area contributed by atoms with Crippen LogP contribution in [0.25, 0.3) is 6.08 Å². The van der Waals surface area contributed by atoms with Gasteiger partial charge in [0.25, 0.3) is 5.91 Å². The van der Waals surface area contributed by atoms with E-state index in [0.717, 1.165) is 16.0 Å². The largest absolute Gasteiger partial charge is 0.378 e. The summed E-state index contributed by atoms with van der Waals surface area (Å²) in [7, 11) is 0. The number of ether oxygens (including phenoxy) is 1. The molecular weight excluding hydrogens is 334 g/mol. The van der Waals surface area contributed by atoms with Gasteiger partial charge >= 0.3 is 6.03 Å². The molecule has 0 saturated carbocycles. The number of hydrogen-bond acceptors (Lipinski definition) is 4. The summed E-state index contributed by atoms with van der Waals surface area (Å²) in [5.74, 6) is -0.743. The minimum atomic E-state index is -0.574. The lowest BCUT2D eigenvalue weighted by Gasteiger charge is -2.27. The third-order valence-electron chi connectivity index (χ3n) is 4.19. The number of carbonyl (C=O) groups excluding carboxylic acids is 3. The number of allylic oxidation sites excluding steroid dienone is 2. The second-order valence-corrected chi connectivity index (χ2v) is 6.17. The smallest absolute Gasteiger partial charge is 0.329 e. The lowest BCUT2D eigenvalue weighted by Crippen LogP contribution is -2.47. The van der Waals surface area contributed by atoms with Gasteiger partial charge in [0.2, 0.25) is 5.91 Å². The number of carbonyl (C=O) groups is 3. The molecule has 1 N–H and O–H groups in total. The molecule has 26 heavy (non-hydrogen) atoms. The zero-order valence-corrected chi connectivity index (χ0v) is 14.6. The topological polar surface area (TPSA) is 79.0 Å². The Morgan fingerprint density at radius 2 is 1.88 bits per heavy atom. The molecule has 1 aromatic carbocycles. The van der Waals surface area contributed by atoms with Crippen molar-refractivity contribution in [1.29, 1.82) is 0 Å². The minimum absolute atomic E-state index is 0.175. The highest BCUT2D eigenvalue weighted by atomic mass is 16.5. The van der Waals surface area contributed by atoms with E-state index >= 15 is 0 Å². The zero-order chi connectivity index (χ0) is 18.5. The summed E-state index contributed by atoms with van der Waals surface area (Å²) in [5, 5.41) is 2.54. The van der Waals surface area contributed by atoms with Crippen LogP contribution in [0.1, 0.15) is 12.5 Å². The van der Waals surface area contributed by atoms with Crippen LogP contribution in [0.2, 0.25) is 0 Å². The fourth-order valence-corrected chi connectivity index (χ4v) is 2.84. The van der Waals surface area contributed by atoms with Gasteiger partial charge in [-0.1, -0.05) is 36.4 Å². The number of amides is 4. The fourth-order valence-electron chi connectivity index (χ4n) is 2.84. The Balaban J connectivity index is 1.68. The lowest BCUT2D eigenvalue weighted by molar-refractivity contribution is -0.139. The van der Waals surface area contributed by atoms with E-state index in [2.05, 4.69) is 5.32 Å². The van der Waals surface area contributed by atoms with Gasteiger partial charge in [0.15, 0.2) is 0 Å². The first kappa shape index (κ1) is 17.9. The van der Waals surface area contributed by atoms with E-state index in [-0.39, 0.29) is 18.1 Å². The van der Waals surface area contributed by atoms with Crippen LogP contribution in [0.15, 0.2) is 47.7 Å². The van der Waals surface area contributed by atoms with Gasteiger partial charge in [-0.05, 0) is 24.1 Å². The normalized spacial score (nSPS) is 19.9. The molecule has 3 rings (SSSR count). The van der Waals surface area contributed by atoms with Crippen molar-refractivity contribution in [3.63, 3.8) is 0 Å². The monoisotopic (exact) mass is 355 g/mol. The van der Waals surface area contributed by atoms with E-state index in [1.54, 1.807) is 11.0 Å². The third kappa shape index (κ3) is 4.18. The molecule has 2 aliphatic rings.